The van der Waals surface area contributed by atoms with Crippen molar-refractivity contribution in [3.8, 4) is 0 Å². The van der Waals surface area contributed by atoms with Gasteiger partial charge < -0.3 is 5.32 Å². The summed E-state index contributed by atoms with van der Waals surface area (Å²) in [5.74, 6) is -1.68. The number of hydrogen-bond donors (Lipinski definition) is 1. The van der Waals surface area contributed by atoms with Gasteiger partial charge in [-0.2, -0.15) is 8.42 Å². The fourth-order valence-electron chi connectivity index (χ4n) is 2.49. The largest absolute Gasteiger partial charge is 0.337 e. The number of carbonyl (C=O) groups excluding carboxylic acids is 2. The molecule has 0 aliphatic carbocycles. The summed E-state index contributed by atoms with van der Waals surface area (Å²) in [5.41, 5.74) is 0.556. The Morgan fingerprint density at radius 3 is 2.28 bits per heavy atom. The molecule has 1 fully saturated rings. The number of para-hydroxylation sites is 1. The van der Waals surface area contributed by atoms with Crippen molar-refractivity contribution in [2.24, 2.45) is 0 Å². The number of nitrogens with zero attached hydrogens (tertiary/aromatic N) is 3. The number of anilines is 1. The molecule has 0 bridgehead atoms. The molecule has 2 heterocycles. The second-order valence-electron chi connectivity index (χ2n) is 5.14. The smallest absolute Gasteiger partial charge is 0.331 e. The van der Waals surface area contributed by atoms with Crippen LogP contribution in [0.1, 0.15) is 13.8 Å². The average molecular weight is 380 g/mol. The molecule has 0 atom stereocenters. The van der Waals surface area contributed by atoms with Gasteiger partial charge in [-0.1, -0.05) is 23.5 Å². The summed E-state index contributed by atoms with van der Waals surface area (Å²) in [4.78, 5) is 29.2. The molecular weight excluding hydrogens is 364 g/mol. The topological polar surface area (TPSA) is 99.7 Å². The molecule has 1 aliphatic heterocycles. The Hall–Kier alpha value is -2.46. The molecule has 0 unspecified atom stereocenters. The first-order chi connectivity index (χ1) is 11.9. The lowest BCUT2D eigenvalue weighted by Gasteiger charge is -2.33. The first kappa shape index (κ1) is 17.4. The number of nitrogens with one attached hydrogen (secondary N) is 1. The fourth-order valence-corrected chi connectivity index (χ4v) is 4.83. The van der Waals surface area contributed by atoms with Gasteiger partial charge >= 0.3 is 10.2 Å². The van der Waals surface area contributed by atoms with E-state index < -0.39 is 22.0 Å². The van der Waals surface area contributed by atoms with Gasteiger partial charge in [0.25, 0.3) is 11.8 Å². The van der Waals surface area contributed by atoms with Crippen LogP contribution in [0.25, 0.3) is 10.2 Å². The fraction of sp³-hybridized carbons (Fsp3) is 0.267. The van der Waals surface area contributed by atoms with Crippen molar-refractivity contribution >= 4 is 48.7 Å². The van der Waals surface area contributed by atoms with E-state index in [-0.39, 0.29) is 18.7 Å². The van der Waals surface area contributed by atoms with Gasteiger partial charge in [-0.05, 0) is 26.0 Å². The second kappa shape index (κ2) is 6.45. The normalized spacial score (nSPS) is 17.3. The number of likely N-dealkylation sites (N-methyl/N-ethyl adjacent to an activating group) is 2. The van der Waals surface area contributed by atoms with Crippen LogP contribution in [0.2, 0.25) is 0 Å². The Morgan fingerprint density at radius 2 is 1.72 bits per heavy atom. The van der Waals surface area contributed by atoms with Crippen LogP contribution in [0.15, 0.2) is 36.0 Å². The van der Waals surface area contributed by atoms with Gasteiger partial charge in [-0.3, -0.25) is 9.59 Å². The van der Waals surface area contributed by atoms with Crippen molar-refractivity contribution in [2.75, 3.05) is 18.4 Å². The Labute approximate surface area is 148 Å². The number of aromatic nitrogens is 1. The Bertz CT molecular complexity index is 915. The molecule has 1 saturated heterocycles. The number of thiazole rings is 1. The second-order valence-corrected chi connectivity index (χ2v) is 7.94. The van der Waals surface area contributed by atoms with Gasteiger partial charge in [0, 0.05) is 19.3 Å². The number of carbonyl (C=O) groups is 2. The van der Waals surface area contributed by atoms with Crippen LogP contribution in [0.4, 0.5) is 5.13 Å². The summed E-state index contributed by atoms with van der Waals surface area (Å²) in [5, 5.41) is 3.35. The number of hydrogen-bond acceptors (Lipinski definition) is 7. The highest BCUT2D eigenvalue weighted by Crippen LogP contribution is 2.27. The van der Waals surface area contributed by atoms with Crippen molar-refractivity contribution in [1.29, 1.82) is 0 Å². The number of fused-ring (bicyclic) bond motifs is 1. The van der Waals surface area contributed by atoms with E-state index in [4.69, 9.17) is 0 Å². The number of amides is 2. The highest BCUT2D eigenvalue weighted by molar-refractivity contribution is 7.88. The van der Waals surface area contributed by atoms with Crippen LogP contribution in [0, 0.1) is 0 Å². The van der Waals surface area contributed by atoms with Crippen molar-refractivity contribution in [3.63, 3.8) is 0 Å². The minimum absolute atomic E-state index is 0.0522. The molecule has 0 saturated carbocycles. The molecule has 10 heteroatoms. The molecule has 132 valence electrons. The lowest BCUT2D eigenvalue weighted by atomic mass is 10.2. The van der Waals surface area contributed by atoms with E-state index in [9.17, 15) is 18.0 Å². The molecular formula is C15H16N4O4S2. The SMILES string of the molecule is CCN1C(=O)C(=CNc2nc3ccccc3s2)C(=O)N(CC)S1(=O)=O. The molecule has 3 rings (SSSR count). The zero-order valence-electron chi connectivity index (χ0n) is 13.6. The number of rotatable bonds is 4. The van der Waals surface area contributed by atoms with Gasteiger partial charge in [0.1, 0.15) is 5.57 Å². The molecule has 1 N–H and O–H groups in total. The standard InChI is InChI=1S/C15H16N4O4S2/c1-3-18-13(20)10(14(21)19(4-2)25(18,22)23)9-16-15-17-11-7-5-6-8-12(11)24-15/h5-9H,3-4H2,1-2H3,(H,16,17). The van der Waals surface area contributed by atoms with Crippen molar-refractivity contribution in [2.45, 2.75) is 13.8 Å². The molecule has 1 aromatic carbocycles. The maximum atomic E-state index is 12.4. The molecule has 0 spiro atoms. The van der Waals surface area contributed by atoms with Gasteiger partial charge in [0.15, 0.2) is 5.13 Å². The van der Waals surface area contributed by atoms with E-state index in [1.807, 2.05) is 24.3 Å². The Balaban J connectivity index is 1.95. The van der Waals surface area contributed by atoms with Crippen molar-refractivity contribution in [3.05, 3.63) is 36.0 Å². The van der Waals surface area contributed by atoms with E-state index in [0.29, 0.717) is 13.7 Å². The van der Waals surface area contributed by atoms with Gasteiger partial charge in [0.2, 0.25) is 0 Å². The summed E-state index contributed by atoms with van der Waals surface area (Å²) < 4.78 is 26.9. The maximum absolute atomic E-state index is 12.4. The third-order valence-electron chi connectivity index (χ3n) is 3.68. The van der Waals surface area contributed by atoms with E-state index in [2.05, 4.69) is 10.3 Å². The third-order valence-corrected chi connectivity index (χ3v) is 6.61. The first-order valence-corrected chi connectivity index (χ1v) is 9.82. The molecule has 25 heavy (non-hydrogen) atoms. The van der Waals surface area contributed by atoms with Crippen LogP contribution in [-0.4, -0.2) is 46.9 Å². The van der Waals surface area contributed by atoms with E-state index in [1.165, 1.54) is 31.4 Å². The summed E-state index contributed by atoms with van der Waals surface area (Å²) >= 11 is 1.37. The quantitative estimate of drug-likeness (QED) is 0.638. The van der Waals surface area contributed by atoms with E-state index in [1.54, 1.807) is 0 Å². The van der Waals surface area contributed by atoms with Gasteiger partial charge in [-0.25, -0.2) is 13.6 Å². The predicted molar refractivity (Wildman–Crippen MR) is 95.0 cm³/mol. The summed E-state index contributed by atoms with van der Waals surface area (Å²) in [7, 11) is -4.11. The summed E-state index contributed by atoms with van der Waals surface area (Å²) in [6.07, 6.45) is 1.22. The van der Waals surface area contributed by atoms with E-state index >= 15 is 0 Å². The zero-order valence-corrected chi connectivity index (χ0v) is 15.2. The van der Waals surface area contributed by atoms with Crippen LogP contribution in [0.3, 0.4) is 0 Å². The summed E-state index contributed by atoms with van der Waals surface area (Å²) in [6, 6.07) is 7.51. The lowest BCUT2D eigenvalue weighted by molar-refractivity contribution is -0.131. The first-order valence-electron chi connectivity index (χ1n) is 7.61. The van der Waals surface area contributed by atoms with Crippen LogP contribution >= 0.6 is 11.3 Å². The molecule has 2 amide bonds. The van der Waals surface area contributed by atoms with Gasteiger partial charge in [-0.15, -0.1) is 0 Å². The number of benzene rings is 1. The predicted octanol–water partition coefficient (Wildman–Crippen LogP) is 1.55. The Kier molecular flexibility index (Phi) is 4.48. The average Bonchev–Trinajstić information content (AvgIpc) is 2.97. The molecule has 0 radical (unpaired) electrons. The zero-order chi connectivity index (χ0) is 18.2. The van der Waals surface area contributed by atoms with Crippen LogP contribution in [-0.2, 0) is 19.8 Å². The van der Waals surface area contributed by atoms with E-state index in [0.717, 1.165) is 10.2 Å². The Morgan fingerprint density at radius 1 is 1.12 bits per heavy atom. The molecule has 1 aliphatic rings. The minimum atomic E-state index is -4.11. The highest BCUT2D eigenvalue weighted by atomic mass is 32.2. The van der Waals surface area contributed by atoms with Crippen LogP contribution < -0.4 is 5.32 Å². The molecule has 1 aromatic heterocycles. The van der Waals surface area contributed by atoms with Crippen molar-refractivity contribution < 1.29 is 18.0 Å². The molecule has 2 aromatic rings. The summed E-state index contributed by atoms with van der Waals surface area (Å²) in [6.45, 7) is 2.97. The highest BCUT2D eigenvalue weighted by Gasteiger charge is 2.45. The molecule has 8 nitrogen and oxygen atoms in total. The van der Waals surface area contributed by atoms with Gasteiger partial charge in [0.05, 0.1) is 10.2 Å². The third kappa shape index (κ3) is 2.87. The lowest BCUT2D eigenvalue weighted by Crippen LogP contribution is -2.56. The maximum Gasteiger partial charge on any atom is 0.331 e. The monoisotopic (exact) mass is 380 g/mol. The van der Waals surface area contributed by atoms with Crippen molar-refractivity contribution in [1.82, 2.24) is 13.6 Å². The van der Waals surface area contributed by atoms with Crippen LogP contribution in [0.5, 0.6) is 0 Å². The minimum Gasteiger partial charge on any atom is -0.337 e.